The number of tetrazole rings is 1. The molecule has 1 aromatic rings. The van der Waals surface area contributed by atoms with Gasteiger partial charge >= 0.3 is 5.97 Å². The van der Waals surface area contributed by atoms with E-state index >= 15 is 0 Å². The van der Waals surface area contributed by atoms with Gasteiger partial charge in [-0.15, -0.1) is 5.10 Å². The smallest absolute Gasteiger partial charge is 0.307 e. The summed E-state index contributed by atoms with van der Waals surface area (Å²) in [6.07, 6.45) is 10.2. The minimum atomic E-state index is -0.624. The summed E-state index contributed by atoms with van der Waals surface area (Å²) < 4.78 is 13.6. The molecule has 10 nitrogen and oxygen atoms in total. The number of nitrogens with two attached hydrogens (primary N) is 1. The van der Waals surface area contributed by atoms with Crippen molar-refractivity contribution in [1.29, 1.82) is 0 Å². The Bertz CT molecular complexity index is 1370. The molecule has 2 heterocycles. The van der Waals surface area contributed by atoms with Crippen molar-refractivity contribution in [2.75, 3.05) is 32.6 Å². The number of carboxylic acid groups (broad SMARTS) is 1. The molecule has 4 aliphatic carbocycles. The number of carbonyl (C=O) groups is 1. The van der Waals surface area contributed by atoms with Gasteiger partial charge in [0.05, 0.1) is 31.8 Å². The van der Waals surface area contributed by atoms with Gasteiger partial charge in [-0.3, -0.25) is 4.79 Å². The summed E-state index contributed by atoms with van der Waals surface area (Å²) in [7, 11) is 2.01. The molecular formula is C37H62N6O4. The summed E-state index contributed by atoms with van der Waals surface area (Å²) in [5.74, 6) is 0.567. The molecule has 0 radical (unpaired) electrons. The number of rotatable bonds is 10. The molecule has 0 aromatic carbocycles. The van der Waals surface area contributed by atoms with Crippen LogP contribution in [0.2, 0.25) is 0 Å². The van der Waals surface area contributed by atoms with Gasteiger partial charge < -0.3 is 25.6 Å². The molecule has 1 aliphatic heterocycles. The van der Waals surface area contributed by atoms with Crippen LogP contribution in [0.4, 0.5) is 5.95 Å². The molecule has 10 heteroatoms. The number of ether oxygens (including phenoxy) is 2. The van der Waals surface area contributed by atoms with Crippen LogP contribution in [0, 0.1) is 56.7 Å². The third kappa shape index (κ3) is 4.96. The topological polar surface area (TPSA) is 137 Å². The van der Waals surface area contributed by atoms with Crippen molar-refractivity contribution in [1.82, 2.24) is 25.5 Å². The van der Waals surface area contributed by atoms with Gasteiger partial charge in [-0.05, 0) is 97.1 Å². The Hall–Kier alpha value is -2.04. The third-order valence-electron chi connectivity index (χ3n) is 15.4. The maximum Gasteiger partial charge on any atom is 0.307 e. The zero-order chi connectivity index (χ0) is 34.2. The van der Waals surface area contributed by atoms with Gasteiger partial charge in [0.2, 0.25) is 0 Å². The van der Waals surface area contributed by atoms with Gasteiger partial charge in [-0.2, -0.15) is 4.80 Å². The highest BCUT2D eigenvalue weighted by atomic mass is 16.5. The zero-order valence-electron chi connectivity index (χ0n) is 30.5. The normalized spacial score (nSPS) is 44.1. The number of carboxylic acids is 1. The summed E-state index contributed by atoms with van der Waals surface area (Å²) in [6, 6.07) is 0.124. The lowest BCUT2D eigenvalue weighted by Crippen LogP contribution is -2.69. The van der Waals surface area contributed by atoms with Gasteiger partial charge in [-0.1, -0.05) is 78.6 Å². The molecule has 6 rings (SSSR count). The molecule has 1 saturated heterocycles. The number of hydrogen-bond acceptors (Lipinski definition) is 8. The zero-order valence-corrected chi connectivity index (χ0v) is 30.5. The highest BCUT2D eigenvalue weighted by Gasteiger charge is 2.72. The number of allylic oxidation sites excluding steroid dienone is 1. The van der Waals surface area contributed by atoms with Crippen molar-refractivity contribution in [3.8, 4) is 0 Å². The first-order valence-corrected chi connectivity index (χ1v) is 18.5. The quantitative estimate of drug-likeness (QED) is 0.253. The Balaban J connectivity index is 1.43. The van der Waals surface area contributed by atoms with Crippen LogP contribution < -0.4 is 11.1 Å². The van der Waals surface area contributed by atoms with E-state index in [4.69, 9.17) is 15.2 Å². The Labute approximate surface area is 282 Å². The van der Waals surface area contributed by atoms with E-state index in [1.54, 1.807) is 4.80 Å². The summed E-state index contributed by atoms with van der Waals surface area (Å²) in [4.78, 5) is 15.1. The largest absolute Gasteiger partial charge is 0.481 e. The second kappa shape index (κ2) is 12.1. The Morgan fingerprint density at radius 3 is 2.53 bits per heavy atom. The fourth-order valence-corrected chi connectivity index (χ4v) is 12.4. The molecular weight excluding hydrogens is 592 g/mol. The van der Waals surface area contributed by atoms with E-state index < -0.39 is 11.9 Å². The third-order valence-corrected chi connectivity index (χ3v) is 15.4. The number of anilines is 1. The molecule has 0 spiro atoms. The Kier molecular flexibility index (Phi) is 8.95. The lowest BCUT2D eigenvalue weighted by Gasteiger charge is -2.71. The average molecular weight is 655 g/mol. The summed E-state index contributed by atoms with van der Waals surface area (Å²) in [6.45, 7) is 20.3. The predicted octanol–water partition coefficient (Wildman–Crippen LogP) is 6.16. The molecule has 4 fully saturated rings. The fourth-order valence-electron chi connectivity index (χ4n) is 12.4. The van der Waals surface area contributed by atoms with Gasteiger partial charge in [0, 0.05) is 16.9 Å². The van der Waals surface area contributed by atoms with Crippen molar-refractivity contribution in [3.05, 3.63) is 11.6 Å². The maximum absolute atomic E-state index is 13.4. The SMILES string of the molecule is CCC[C@H](CO[C@H]1[C@H](n2nnc(N)n2)C[C@@]23COC[C@]1(C)[C@@H]2CC[C@H]1C3=CC[C@@]2(C)[C@H](C(=O)O)[C@@](C)([C@H](C)C(C)C)CC[C@]12C)NC. The molecule has 5 aliphatic rings. The molecule has 1 aromatic heterocycles. The van der Waals surface area contributed by atoms with Crippen molar-refractivity contribution in [2.45, 2.75) is 125 Å². The van der Waals surface area contributed by atoms with E-state index in [-0.39, 0.29) is 51.2 Å². The molecule has 0 amide bonds. The molecule has 47 heavy (non-hydrogen) atoms. The van der Waals surface area contributed by atoms with E-state index in [1.165, 1.54) is 5.57 Å². The molecule has 2 bridgehead atoms. The first kappa shape index (κ1) is 34.8. The minimum Gasteiger partial charge on any atom is -0.481 e. The van der Waals surface area contributed by atoms with Crippen molar-refractivity contribution < 1.29 is 19.4 Å². The van der Waals surface area contributed by atoms with Crippen molar-refractivity contribution in [3.63, 3.8) is 0 Å². The number of nitrogens with zero attached hydrogens (tertiary/aromatic N) is 4. The maximum atomic E-state index is 13.4. The molecule has 12 atom stereocenters. The molecule has 4 N–H and O–H groups in total. The average Bonchev–Trinajstić information content (AvgIpc) is 3.45. The van der Waals surface area contributed by atoms with Gasteiger partial charge in [0.1, 0.15) is 6.04 Å². The van der Waals surface area contributed by atoms with E-state index in [0.717, 1.165) is 51.4 Å². The van der Waals surface area contributed by atoms with Crippen LogP contribution in [0.3, 0.4) is 0 Å². The van der Waals surface area contributed by atoms with E-state index in [0.29, 0.717) is 43.5 Å². The predicted molar refractivity (Wildman–Crippen MR) is 182 cm³/mol. The summed E-state index contributed by atoms with van der Waals surface area (Å²) in [5, 5.41) is 27.6. The van der Waals surface area contributed by atoms with Gasteiger partial charge in [0.25, 0.3) is 5.95 Å². The van der Waals surface area contributed by atoms with E-state index in [9.17, 15) is 9.90 Å². The first-order chi connectivity index (χ1) is 22.1. The van der Waals surface area contributed by atoms with Crippen LogP contribution in [0.25, 0.3) is 0 Å². The number of likely N-dealkylation sites (N-methyl/N-ethyl adjacent to an activating group) is 1. The Morgan fingerprint density at radius 1 is 1.17 bits per heavy atom. The van der Waals surface area contributed by atoms with E-state index in [1.807, 2.05) is 7.05 Å². The van der Waals surface area contributed by atoms with E-state index in [2.05, 4.69) is 82.2 Å². The van der Waals surface area contributed by atoms with Gasteiger partial charge in [-0.25, -0.2) is 0 Å². The standard InChI is InChI=1S/C37H62N6O4/c1-10-11-24(39-9)19-47-30-27(43-41-32(38)40-42-43)18-37-21-46-20-34(30,6)28(37)13-12-25-26(37)14-15-36(8)29(31(44)45)33(5,23(4)22(2)3)16-17-35(25,36)7/h14,22-25,27-30,39H,10-13,15-21H2,1-9H3,(H2,38,41)(H,44,45)/t23-,24-,25+,27-,28+,29-,30+,33-,34-,35-,36+,37+/m1/s1. The number of nitrogens with one attached hydrogen (secondary N) is 1. The van der Waals surface area contributed by atoms with Crippen LogP contribution >= 0.6 is 0 Å². The van der Waals surface area contributed by atoms with Crippen molar-refractivity contribution in [2.24, 2.45) is 56.7 Å². The van der Waals surface area contributed by atoms with Crippen LogP contribution in [-0.2, 0) is 14.3 Å². The highest BCUT2D eigenvalue weighted by molar-refractivity contribution is 5.73. The molecule has 3 saturated carbocycles. The molecule has 264 valence electrons. The second-order valence-corrected chi connectivity index (χ2v) is 17.6. The fraction of sp³-hybridized carbons (Fsp3) is 0.892. The van der Waals surface area contributed by atoms with Crippen molar-refractivity contribution >= 4 is 11.9 Å². The number of hydrogen-bond donors (Lipinski definition) is 3. The van der Waals surface area contributed by atoms with Gasteiger partial charge in [0.15, 0.2) is 0 Å². The van der Waals surface area contributed by atoms with Crippen LogP contribution in [0.1, 0.15) is 113 Å². The first-order valence-electron chi connectivity index (χ1n) is 18.5. The Morgan fingerprint density at radius 2 is 1.91 bits per heavy atom. The highest BCUT2D eigenvalue weighted by Crippen LogP contribution is 2.75. The van der Waals surface area contributed by atoms with Crippen LogP contribution in [-0.4, -0.2) is 70.3 Å². The molecule has 0 unspecified atom stereocenters. The van der Waals surface area contributed by atoms with Crippen LogP contribution in [0.15, 0.2) is 11.6 Å². The number of nitrogen functional groups attached to an aromatic ring is 1. The monoisotopic (exact) mass is 654 g/mol. The second-order valence-electron chi connectivity index (χ2n) is 17.6. The van der Waals surface area contributed by atoms with Crippen LogP contribution in [0.5, 0.6) is 0 Å². The number of aromatic nitrogens is 4. The summed E-state index contributed by atoms with van der Waals surface area (Å²) >= 11 is 0. The number of aliphatic carboxylic acids is 1. The lowest BCUT2D eigenvalue weighted by molar-refractivity contribution is -0.252. The summed E-state index contributed by atoms with van der Waals surface area (Å²) in [5.41, 5.74) is 6.35. The minimum absolute atomic E-state index is 0.136. The lowest BCUT2D eigenvalue weighted by atomic mass is 9.34. The number of fused-ring (bicyclic) bond motifs is 3.